The molecule has 0 aliphatic carbocycles. The first-order valence-electron chi connectivity index (χ1n) is 9.44. The molecule has 3 aromatic rings. The highest BCUT2D eigenvalue weighted by Gasteiger charge is 2.31. The van der Waals surface area contributed by atoms with Crippen LogP contribution in [0, 0.1) is 6.92 Å². The van der Waals surface area contributed by atoms with Crippen molar-refractivity contribution in [3.05, 3.63) is 81.6 Å². The fraction of sp³-hybridized carbons (Fsp3) is 0.273. The highest BCUT2D eigenvalue weighted by atomic mass is 35.5. The van der Waals surface area contributed by atoms with E-state index in [9.17, 15) is 18.0 Å². The van der Waals surface area contributed by atoms with Gasteiger partial charge in [-0.1, -0.05) is 23.7 Å². The number of aryl methyl sites for hydroxylation is 2. The van der Waals surface area contributed by atoms with Gasteiger partial charge >= 0.3 is 12.1 Å². The van der Waals surface area contributed by atoms with Crippen LogP contribution >= 0.6 is 11.6 Å². The maximum absolute atomic E-state index is 13.3. The number of hydrogen-bond donors (Lipinski definition) is 1. The Hall–Kier alpha value is -3.00. The summed E-state index contributed by atoms with van der Waals surface area (Å²) in [7, 11) is 0. The van der Waals surface area contributed by atoms with Crippen molar-refractivity contribution in [1.29, 1.82) is 0 Å². The van der Waals surface area contributed by atoms with Crippen LogP contribution in [0.1, 0.15) is 34.5 Å². The molecule has 0 aliphatic heterocycles. The standard InChI is InChI=1S/C22H20ClF3N2O3/c1-14-10-19(7-9-21(29)30)27-28(14)12-16-11-17(22(24,25)26)4-8-20(16)31-13-15-2-5-18(23)6-3-15/h2-6,8,10-11H,7,9,12-13H2,1H3,(H,29,30). The maximum Gasteiger partial charge on any atom is 0.416 e. The van der Waals surface area contributed by atoms with E-state index in [0.29, 0.717) is 27.7 Å². The lowest BCUT2D eigenvalue weighted by molar-refractivity contribution is -0.138. The van der Waals surface area contributed by atoms with Gasteiger partial charge in [-0.25, -0.2) is 0 Å². The second-order valence-corrected chi connectivity index (χ2v) is 7.50. The zero-order valence-electron chi connectivity index (χ0n) is 16.6. The molecular formula is C22H20ClF3N2O3. The SMILES string of the molecule is Cc1cc(CCC(=O)O)nn1Cc1cc(C(F)(F)F)ccc1OCc1ccc(Cl)cc1. The monoisotopic (exact) mass is 452 g/mol. The number of rotatable bonds is 8. The number of aliphatic carboxylic acids is 1. The van der Waals surface area contributed by atoms with Crippen LogP contribution in [0.4, 0.5) is 13.2 Å². The summed E-state index contributed by atoms with van der Waals surface area (Å²) in [5, 5.41) is 13.7. The van der Waals surface area contributed by atoms with Gasteiger partial charge in [-0.3, -0.25) is 9.48 Å². The average molecular weight is 453 g/mol. The molecule has 1 aromatic heterocycles. The Balaban J connectivity index is 1.85. The largest absolute Gasteiger partial charge is 0.489 e. The highest BCUT2D eigenvalue weighted by molar-refractivity contribution is 6.30. The van der Waals surface area contributed by atoms with Gasteiger partial charge in [0.2, 0.25) is 0 Å². The van der Waals surface area contributed by atoms with Gasteiger partial charge in [0.1, 0.15) is 12.4 Å². The summed E-state index contributed by atoms with van der Waals surface area (Å²) in [4.78, 5) is 10.8. The van der Waals surface area contributed by atoms with Gasteiger partial charge in [0.15, 0.2) is 0 Å². The second kappa shape index (κ2) is 9.43. The zero-order valence-corrected chi connectivity index (χ0v) is 17.4. The van der Waals surface area contributed by atoms with Crippen LogP contribution in [-0.4, -0.2) is 20.9 Å². The molecule has 3 rings (SSSR count). The minimum absolute atomic E-state index is 0.0543. The van der Waals surface area contributed by atoms with E-state index in [0.717, 1.165) is 17.7 Å². The van der Waals surface area contributed by atoms with E-state index in [-0.39, 0.29) is 26.0 Å². The molecule has 1 heterocycles. The summed E-state index contributed by atoms with van der Waals surface area (Å²) >= 11 is 5.87. The number of halogens is 4. The van der Waals surface area contributed by atoms with E-state index >= 15 is 0 Å². The van der Waals surface area contributed by atoms with Crippen LogP contribution in [0.3, 0.4) is 0 Å². The number of carbonyl (C=O) groups is 1. The van der Waals surface area contributed by atoms with Gasteiger partial charge in [0, 0.05) is 22.7 Å². The lowest BCUT2D eigenvalue weighted by atomic mass is 10.1. The van der Waals surface area contributed by atoms with Crippen LogP contribution < -0.4 is 4.74 Å². The predicted molar refractivity (Wildman–Crippen MR) is 109 cm³/mol. The number of nitrogens with zero attached hydrogens (tertiary/aromatic N) is 2. The summed E-state index contributed by atoms with van der Waals surface area (Å²) in [6.45, 7) is 1.98. The van der Waals surface area contributed by atoms with Crippen molar-refractivity contribution < 1.29 is 27.8 Å². The summed E-state index contributed by atoms with van der Waals surface area (Å²) < 4.78 is 47.1. The van der Waals surface area contributed by atoms with E-state index in [2.05, 4.69) is 5.10 Å². The van der Waals surface area contributed by atoms with E-state index in [1.54, 1.807) is 41.9 Å². The summed E-state index contributed by atoms with van der Waals surface area (Å²) in [5.41, 5.74) is 1.63. The Kier molecular flexibility index (Phi) is 6.90. The number of alkyl halides is 3. The van der Waals surface area contributed by atoms with Crippen molar-refractivity contribution in [2.75, 3.05) is 0 Å². The van der Waals surface area contributed by atoms with Crippen LogP contribution in [-0.2, 0) is 30.5 Å². The minimum atomic E-state index is -4.49. The number of carboxylic acid groups (broad SMARTS) is 1. The minimum Gasteiger partial charge on any atom is -0.489 e. The molecule has 0 amide bonds. The second-order valence-electron chi connectivity index (χ2n) is 7.06. The van der Waals surface area contributed by atoms with Crippen LogP contribution in [0.25, 0.3) is 0 Å². The summed E-state index contributed by atoms with van der Waals surface area (Å²) in [6, 6.07) is 12.0. The lowest BCUT2D eigenvalue weighted by Crippen LogP contribution is -2.10. The van der Waals surface area contributed by atoms with Crippen molar-refractivity contribution >= 4 is 17.6 Å². The van der Waals surface area contributed by atoms with E-state index in [4.69, 9.17) is 21.4 Å². The van der Waals surface area contributed by atoms with Crippen molar-refractivity contribution in [3.63, 3.8) is 0 Å². The van der Waals surface area contributed by atoms with Gasteiger partial charge < -0.3 is 9.84 Å². The van der Waals surface area contributed by atoms with E-state index < -0.39 is 17.7 Å². The van der Waals surface area contributed by atoms with Crippen molar-refractivity contribution in [2.45, 2.75) is 39.1 Å². The van der Waals surface area contributed by atoms with Crippen molar-refractivity contribution in [3.8, 4) is 5.75 Å². The molecule has 164 valence electrons. The van der Waals surface area contributed by atoms with Gasteiger partial charge in [0.25, 0.3) is 0 Å². The van der Waals surface area contributed by atoms with Crippen molar-refractivity contribution in [2.24, 2.45) is 0 Å². The summed E-state index contributed by atoms with van der Waals surface area (Å²) in [5.74, 6) is -0.632. The number of aromatic nitrogens is 2. The number of ether oxygens (including phenoxy) is 1. The first-order valence-corrected chi connectivity index (χ1v) is 9.82. The molecule has 0 atom stereocenters. The fourth-order valence-corrected chi connectivity index (χ4v) is 3.14. The zero-order chi connectivity index (χ0) is 22.6. The Labute approximate surface area is 182 Å². The molecule has 0 radical (unpaired) electrons. The Bertz CT molecular complexity index is 1060. The molecule has 2 aromatic carbocycles. The van der Waals surface area contributed by atoms with Gasteiger partial charge in [-0.05, 0) is 48.9 Å². The first-order chi connectivity index (χ1) is 14.6. The molecule has 0 bridgehead atoms. The number of carboxylic acids is 1. The molecule has 0 saturated heterocycles. The Morgan fingerprint density at radius 3 is 2.52 bits per heavy atom. The molecule has 5 nitrogen and oxygen atoms in total. The first kappa shape index (κ1) is 22.7. The molecule has 0 unspecified atom stereocenters. The molecule has 0 fully saturated rings. The van der Waals surface area contributed by atoms with Crippen LogP contribution in [0.5, 0.6) is 5.75 Å². The molecule has 0 aliphatic rings. The average Bonchev–Trinajstić information content (AvgIpc) is 3.05. The highest BCUT2D eigenvalue weighted by Crippen LogP contribution is 2.33. The van der Waals surface area contributed by atoms with E-state index in [1.165, 1.54) is 6.07 Å². The third kappa shape index (κ3) is 6.24. The van der Waals surface area contributed by atoms with Crippen molar-refractivity contribution in [1.82, 2.24) is 9.78 Å². The molecule has 1 N–H and O–H groups in total. The normalized spacial score (nSPS) is 11.5. The van der Waals surface area contributed by atoms with Crippen LogP contribution in [0.15, 0.2) is 48.5 Å². The fourth-order valence-electron chi connectivity index (χ4n) is 3.02. The van der Waals surface area contributed by atoms with Gasteiger partial charge in [0.05, 0.1) is 24.2 Å². The predicted octanol–water partition coefficient (Wildman–Crippen LogP) is 5.51. The molecule has 0 saturated carbocycles. The van der Waals surface area contributed by atoms with Gasteiger partial charge in [-0.2, -0.15) is 18.3 Å². The summed E-state index contributed by atoms with van der Waals surface area (Å²) in [6.07, 6.45) is -4.32. The molecule has 0 spiro atoms. The Morgan fingerprint density at radius 2 is 1.87 bits per heavy atom. The molecule has 9 heteroatoms. The lowest BCUT2D eigenvalue weighted by Gasteiger charge is -2.15. The van der Waals surface area contributed by atoms with Crippen LogP contribution in [0.2, 0.25) is 5.02 Å². The third-order valence-electron chi connectivity index (χ3n) is 4.64. The molecular weight excluding hydrogens is 433 g/mol. The molecule has 31 heavy (non-hydrogen) atoms. The maximum atomic E-state index is 13.3. The number of hydrogen-bond acceptors (Lipinski definition) is 3. The van der Waals surface area contributed by atoms with E-state index in [1.807, 2.05) is 0 Å². The number of benzene rings is 2. The smallest absolute Gasteiger partial charge is 0.416 e. The third-order valence-corrected chi connectivity index (χ3v) is 4.89. The topological polar surface area (TPSA) is 64.3 Å². The van der Waals surface area contributed by atoms with Gasteiger partial charge in [-0.15, -0.1) is 0 Å². The quantitative estimate of drug-likeness (QED) is 0.489. The Morgan fingerprint density at radius 1 is 1.16 bits per heavy atom.